The van der Waals surface area contributed by atoms with Gasteiger partial charge in [0, 0.05) is 0 Å². The van der Waals surface area contributed by atoms with Crippen LogP contribution in [-0.2, 0) is 16.5 Å². The summed E-state index contributed by atoms with van der Waals surface area (Å²) >= 11 is 0. The van der Waals surface area contributed by atoms with E-state index >= 15 is 0 Å². The largest absolute Gasteiger partial charge is 1.00 e. The maximum Gasteiger partial charge on any atom is 1.00 e. The van der Waals surface area contributed by atoms with Crippen LogP contribution in [0.1, 0.15) is 5.71 Å². The molecule has 0 aromatic rings. The first-order chi connectivity index (χ1) is 4.00. The molecule has 1 aliphatic rings. The summed E-state index contributed by atoms with van der Waals surface area (Å²) in [6, 6.07) is 0. The van der Waals surface area contributed by atoms with Crippen LogP contribution in [0.25, 0.3) is 0 Å². The van der Waals surface area contributed by atoms with Gasteiger partial charge in [-0.2, -0.15) is 0 Å². The van der Waals surface area contributed by atoms with Crippen molar-refractivity contribution >= 4 is 40.0 Å². The Bertz CT molecular complexity index is 43.0. The van der Waals surface area contributed by atoms with Crippen LogP contribution in [0.4, 0.5) is 0 Å². The molecule has 0 aromatic heterocycles. The molecule has 0 radical (unpaired) electrons. The molecule has 0 atom stereocenters. The van der Waals surface area contributed by atoms with E-state index in [1.54, 1.807) is 0 Å². The van der Waals surface area contributed by atoms with Gasteiger partial charge < -0.3 is 16.5 Å². The second-order valence-corrected chi connectivity index (χ2v) is 8.76. The van der Waals surface area contributed by atoms with E-state index in [1.165, 1.54) is 0 Å². The van der Waals surface area contributed by atoms with Crippen LogP contribution in [0.5, 0.6) is 0 Å². The Hall–Kier alpha value is 0.708. The van der Waals surface area contributed by atoms with E-state index in [2.05, 4.69) is 0 Å². The quantitative estimate of drug-likeness (QED) is 0.370. The monoisotopic (exact) mass is 188 g/mol. The average Bonchev–Trinajstić information content (AvgIpc) is 1.62. The minimum atomic E-state index is -0.653. The number of hydrogen-bond donors (Lipinski definition) is 0. The molecule has 1 heterocycles. The summed E-state index contributed by atoms with van der Waals surface area (Å²) in [6.45, 7) is 0. The molecule has 48 valence electrons. The molecule has 1 fully saturated rings. The van der Waals surface area contributed by atoms with Gasteiger partial charge in [0.25, 0.3) is 40.0 Å². The summed E-state index contributed by atoms with van der Waals surface area (Å²) in [7, 11) is -2.61. The highest BCUT2D eigenvalue weighted by atomic mass is 28.4. The van der Waals surface area contributed by atoms with Crippen LogP contribution in [0.3, 0.4) is 0 Å². The molecule has 0 unspecified atom stereocenters. The van der Waals surface area contributed by atoms with Gasteiger partial charge in [-0.25, -0.2) is 0 Å². The minimum Gasteiger partial charge on any atom is -0.425 e. The van der Waals surface area contributed by atoms with Crippen LogP contribution in [0.2, 0.25) is 0 Å². The standard InChI is InChI=1S/H8O4Si4/c1-5-2-7-4-8-3-6-1/h5-8H2/p+4. The van der Waals surface area contributed by atoms with E-state index in [0.29, 0.717) is 0 Å². The predicted octanol–water partition coefficient (Wildman–Crippen LogP) is -3.49. The zero-order chi connectivity index (χ0) is 5.66. The second-order valence-electron chi connectivity index (χ2n) is 1.29. The van der Waals surface area contributed by atoms with E-state index in [-0.39, 0.29) is 5.71 Å². The molecule has 0 spiro atoms. The number of hydrogen-bond acceptors (Lipinski definition) is 4. The van der Waals surface area contributed by atoms with Crippen molar-refractivity contribution in [2.45, 2.75) is 0 Å². The third-order valence-corrected chi connectivity index (χ3v) is 6.00. The fourth-order valence-corrected chi connectivity index (χ4v) is 7.59. The lowest BCUT2D eigenvalue weighted by Gasteiger charge is -2.10. The summed E-state index contributed by atoms with van der Waals surface area (Å²) in [5.74, 6) is 0. The van der Waals surface area contributed by atoms with E-state index in [0.717, 1.165) is 0 Å². The van der Waals surface area contributed by atoms with Crippen LogP contribution >= 0.6 is 0 Å². The lowest BCUT2D eigenvalue weighted by Crippen LogP contribution is -2.23. The Morgan fingerprint density at radius 3 is 1.12 bits per heavy atom. The molecule has 1 saturated heterocycles. The van der Waals surface area contributed by atoms with Crippen molar-refractivity contribution in [1.29, 1.82) is 0 Å². The lowest BCUT2D eigenvalue weighted by molar-refractivity contribution is 0.347. The van der Waals surface area contributed by atoms with Crippen molar-refractivity contribution in [2.75, 3.05) is 0 Å². The minimum absolute atomic E-state index is 0. The predicted molar refractivity (Wildman–Crippen MR) is 43.0 cm³/mol. The second kappa shape index (κ2) is 4.57. The van der Waals surface area contributed by atoms with Crippen molar-refractivity contribution in [3.8, 4) is 0 Å². The fourth-order valence-electron chi connectivity index (χ4n) is 0.372. The smallest absolute Gasteiger partial charge is 0.425 e. The highest BCUT2D eigenvalue weighted by Gasteiger charge is 1.97. The van der Waals surface area contributed by atoms with Crippen LogP contribution in [-0.4, -0.2) is 40.0 Å². The van der Waals surface area contributed by atoms with E-state index < -0.39 is 40.0 Å². The van der Waals surface area contributed by atoms with Gasteiger partial charge in [0.05, 0.1) is 0 Å². The van der Waals surface area contributed by atoms with E-state index in [9.17, 15) is 0 Å². The molecule has 0 aromatic carbocycles. The fraction of sp³-hybridized carbons (Fsp3) is 0. The molecule has 1 aliphatic heterocycles. The average molecular weight is 188 g/mol. The van der Waals surface area contributed by atoms with Gasteiger partial charge in [-0.1, -0.05) is 0 Å². The maximum absolute atomic E-state index is 5.10. The Labute approximate surface area is 63.0 Å². The Morgan fingerprint density at radius 2 is 0.875 bits per heavy atom. The van der Waals surface area contributed by atoms with Gasteiger partial charge in [0.15, 0.2) is 0 Å². The van der Waals surface area contributed by atoms with Gasteiger partial charge in [-0.05, 0) is 0 Å². The summed E-state index contributed by atoms with van der Waals surface area (Å²) in [4.78, 5) is 0. The Morgan fingerprint density at radius 1 is 0.625 bits per heavy atom. The summed E-state index contributed by atoms with van der Waals surface area (Å²) in [5.41, 5.74) is 0. The highest BCUT2D eigenvalue weighted by Crippen LogP contribution is 1.79. The van der Waals surface area contributed by atoms with Crippen molar-refractivity contribution in [3.63, 3.8) is 0 Å². The highest BCUT2D eigenvalue weighted by molar-refractivity contribution is 6.50. The van der Waals surface area contributed by atoms with Crippen LogP contribution in [0, 0.1) is 0 Å². The van der Waals surface area contributed by atoms with Crippen LogP contribution < -0.4 is 0 Å². The molecule has 0 amide bonds. The topological polar surface area (TPSA) is 36.9 Å². The maximum atomic E-state index is 5.10. The molecule has 1 rings (SSSR count). The van der Waals surface area contributed by atoms with Gasteiger partial charge in [0.2, 0.25) is 0 Å². The molecular formula is H12O4Si4+4. The molecule has 0 aliphatic carbocycles. The zero-order valence-corrected chi connectivity index (χ0v) is 10.1. The molecule has 8 heteroatoms. The van der Waals surface area contributed by atoms with Gasteiger partial charge >= 0.3 is 5.71 Å². The summed E-state index contributed by atoms with van der Waals surface area (Å²) < 4.78 is 20.4. The van der Waals surface area contributed by atoms with E-state index in [1.807, 2.05) is 0 Å². The first kappa shape index (κ1) is 6.82. The van der Waals surface area contributed by atoms with Crippen molar-refractivity contribution in [3.05, 3.63) is 0 Å². The van der Waals surface area contributed by atoms with Gasteiger partial charge in [-0.15, -0.1) is 0 Å². The number of rotatable bonds is 0. The normalized spacial score (nSPS) is 36.0. The van der Waals surface area contributed by atoms with E-state index in [4.69, 9.17) is 16.5 Å². The van der Waals surface area contributed by atoms with Crippen molar-refractivity contribution in [1.82, 2.24) is 0 Å². The molecular weight excluding hydrogens is 176 g/mol. The lowest BCUT2D eigenvalue weighted by atomic mass is 15.7. The Kier molecular flexibility index (Phi) is 3.90. The molecule has 0 saturated carbocycles. The third kappa shape index (κ3) is 2.88. The first-order valence-corrected chi connectivity index (χ1v) is 6.93. The molecule has 4 nitrogen and oxygen atoms in total. The molecule has 8 heavy (non-hydrogen) atoms. The SMILES string of the molecule is O1[SiH2]O[SiH2]O[SiH2]O[SiH2]1.[H+].[H+].[H+].[H+]. The summed E-state index contributed by atoms with van der Waals surface area (Å²) in [6.07, 6.45) is 0. The van der Waals surface area contributed by atoms with Crippen LogP contribution in [0.15, 0.2) is 0 Å². The zero-order valence-electron chi connectivity index (χ0n) is 8.46. The molecule has 0 N–H and O–H groups in total. The molecule has 0 bridgehead atoms. The third-order valence-electron chi connectivity index (χ3n) is 0.667. The van der Waals surface area contributed by atoms with Gasteiger partial charge in [0.1, 0.15) is 0 Å². The van der Waals surface area contributed by atoms with Crippen molar-refractivity contribution < 1.29 is 22.2 Å². The first-order valence-electron chi connectivity index (χ1n) is 2.31. The summed E-state index contributed by atoms with van der Waals surface area (Å²) in [5, 5.41) is 0. The van der Waals surface area contributed by atoms with Crippen molar-refractivity contribution in [2.24, 2.45) is 0 Å². The Balaban J connectivity index is -0.0000000800. The van der Waals surface area contributed by atoms with Gasteiger partial charge in [-0.3, -0.25) is 0 Å².